The van der Waals surface area contributed by atoms with E-state index in [1.807, 2.05) is 18.2 Å². The van der Waals surface area contributed by atoms with Crippen molar-refractivity contribution in [3.05, 3.63) is 78.0 Å². The minimum atomic E-state index is -0.434. The first-order chi connectivity index (χ1) is 16.1. The van der Waals surface area contributed by atoms with Crippen LogP contribution in [-0.4, -0.2) is 42.6 Å². The number of carbonyl (C=O) groups is 2. The fourth-order valence-corrected chi connectivity index (χ4v) is 3.86. The van der Waals surface area contributed by atoms with Gasteiger partial charge in [-0.05, 0) is 62.2 Å². The maximum Gasteiger partial charge on any atom is 0.374 e. The monoisotopic (exact) mass is 448 g/mol. The summed E-state index contributed by atoms with van der Waals surface area (Å²) < 4.78 is 10.5. The summed E-state index contributed by atoms with van der Waals surface area (Å²) in [6.07, 6.45) is 5.18. The van der Waals surface area contributed by atoms with E-state index in [4.69, 9.17) is 9.15 Å². The summed E-state index contributed by atoms with van der Waals surface area (Å²) in [5.41, 5.74) is 2.43. The highest BCUT2D eigenvalue weighted by Crippen LogP contribution is 2.24. The summed E-state index contributed by atoms with van der Waals surface area (Å²) in [6.45, 7) is 4.48. The van der Waals surface area contributed by atoms with E-state index < -0.39 is 5.97 Å². The largest absolute Gasteiger partial charge is 0.460 e. The lowest BCUT2D eigenvalue weighted by Gasteiger charge is -2.34. The van der Waals surface area contributed by atoms with Crippen LogP contribution in [0.15, 0.2) is 65.3 Å². The van der Waals surface area contributed by atoms with Gasteiger partial charge in [-0.25, -0.2) is 4.79 Å². The molecular weight excluding hydrogens is 420 g/mol. The number of benzene rings is 1. The van der Waals surface area contributed by atoms with Crippen molar-refractivity contribution in [2.24, 2.45) is 0 Å². The number of pyridine rings is 1. The van der Waals surface area contributed by atoms with E-state index in [1.165, 1.54) is 0 Å². The van der Waals surface area contributed by atoms with Crippen LogP contribution in [-0.2, 0) is 11.3 Å². The average molecular weight is 449 g/mol. The summed E-state index contributed by atoms with van der Waals surface area (Å²) >= 11 is 0. The number of carbonyl (C=O) groups excluding carboxylic acids is 2. The lowest BCUT2D eigenvalue weighted by atomic mass is 10.0. The molecule has 33 heavy (non-hydrogen) atoms. The number of rotatable bonds is 8. The third kappa shape index (κ3) is 5.98. The minimum absolute atomic E-state index is 0.151. The predicted octanol–water partition coefficient (Wildman–Crippen LogP) is 3.86. The van der Waals surface area contributed by atoms with Gasteiger partial charge in [0.25, 0.3) is 5.91 Å². The maximum absolute atomic E-state index is 12.4. The molecule has 3 aromatic rings. The smallest absolute Gasteiger partial charge is 0.374 e. The molecule has 0 aliphatic carbocycles. The molecular formula is C25H28N4O4. The molecule has 2 N–H and O–H groups in total. The Hall–Kier alpha value is -3.65. The van der Waals surface area contributed by atoms with Crippen LogP contribution in [0.4, 0.5) is 11.4 Å². The highest BCUT2D eigenvalue weighted by Gasteiger charge is 2.20. The second-order valence-electron chi connectivity index (χ2n) is 7.87. The number of furan rings is 1. The molecule has 0 atom stereocenters. The van der Waals surface area contributed by atoms with Crippen LogP contribution < -0.4 is 15.5 Å². The molecule has 8 heteroatoms. The molecule has 1 amide bonds. The van der Waals surface area contributed by atoms with Gasteiger partial charge in [0.1, 0.15) is 5.76 Å². The van der Waals surface area contributed by atoms with Crippen molar-refractivity contribution in [1.29, 1.82) is 0 Å². The van der Waals surface area contributed by atoms with E-state index in [-0.39, 0.29) is 11.7 Å². The first-order valence-corrected chi connectivity index (χ1v) is 11.2. The maximum atomic E-state index is 12.4. The summed E-state index contributed by atoms with van der Waals surface area (Å²) in [5.74, 6) is 0.371. The van der Waals surface area contributed by atoms with Gasteiger partial charge >= 0.3 is 5.97 Å². The van der Waals surface area contributed by atoms with E-state index in [9.17, 15) is 9.59 Å². The number of piperidine rings is 1. The van der Waals surface area contributed by atoms with Crippen molar-refractivity contribution in [2.45, 2.75) is 32.4 Å². The summed E-state index contributed by atoms with van der Waals surface area (Å²) in [5, 5.41) is 6.47. The van der Waals surface area contributed by atoms with Gasteiger partial charge in [0.05, 0.1) is 13.2 Å². The topological polar surface area (TPSA) is 96.7 Å². The molecule has 0 radical (unpaired) electrons. The molecule has 0 unspecified atom stereocenters. The lowest BCUT2D eigenvalue weighted by Crippen LogP contribution is -2.42. The Bertz CT molecular complexity index is 1070. The molecule has 1 saturated heterocycles. The van der Waals surface area contributed by atoms with Gasteiger partial charge < -0.3 is 24.7 Å². The van der Waals surface area contributed by atoms with E-state index in [0.717, 1.165) is 43.1 Å². The van der Waals surface area contributed by atoms with Crippen molar-refractivity contribution in [3.63, 3.8) is 0 Å². The third-order valence-electron chi connectivity index (χ3n) is 5.61. The molecule has 1 aliphatic heterocycles. The number of nitrogens with one attached hydrogen (secondary N) is 2. The van der Waals surface area contributed by atoms with Crippen molar-refractivity contribution in [1.82, 2.24) is 10.3 Å². The van der Waals surface area contributed by atoms with Gasteiger partial charge in [-0.3, -0.25) is 9.78 Å². The van der Waals surface area contributed by atoms with Crippen molar-refractivity contribution >= 4 is 23.3 Å². The van der Waals surface area contributed by atoms with Gasteiger partial charge in [-0.1, -0.05) is 6.07 Å². The Kier molecular flexibility index (Phi) is 7.36. The number of anilines is 2. The number of nitrogens with zero attached hydrogens (tertiary/aromatic N) is 2. The molecule has 2 aromatic heterocycles. The number of esters is 1. The summed E-state index contributed by atoms with van der Waals surface area (Å²) in [7, 11) is 0. The Balaban J connectivity index is 1.26. The molecule has 3 heterocycles. The molecule has 1 aliphatic rings. The lowest BCUT2D eigenvalue weighted by molar-refractivity contribution is 0.0487. The van der Waals surface area contributed by atoms with Gasteiger partial charge in [0.2, 0.25) is 5.76 Å². The van der Waals surface area contributed by atoms with Gasteiger partial charge in [0.15, 0.2) is 0 Å². The van der Waals surface area contributed by atoms with E-state index >= 15 is 0 Å². The average Bonchev–Trinajstić information content (AvgIpc) is 3.33. The Morgan fingerprint density at radius 1 is 1.12 bits per heavy atom. The van der Waals surface area contributed by atoms with Crippen LogP contribution in [0.3, 0.4) is 0 Å². The molecule has 0 spiro atoms. The Labute approximate surface area is 192 Å². The Morgan fingerprint density at radius 3 is 2.67 bits per heavy atom. The van der Waals surface area contributed by atoms with Gasteiger partial charge in [-0.15, -0.1) is 0 Å². The Morgan fingerprint density at radius 2 is 1.91 bits per heavy atom. The van der Waals surface area contributed by atoms with Crippen LogP contribution >= 0.6 is 0 Å². The second kappa shape index (κ2) is 10.8. The third-order valence-corrected chi connectivity index (χ3v) is 5.61. The fraction of sp³-hybridized carbons (Fsp3) is 0.320. The van der Waals surface area contributed by atoms with Crippen LogP contribution in [0.25, 0.3) is 0 Å². The van der Waals surface area contributed by atoms with Gasteiger partial charge in [-0.2, -0.15) is 0 Å². The second-order valence-corrected chi connectivity index (χ2v) is 7.87. The number of ether oxygens (including phenoxy) is 1. The first kappa shape index (κ1) is 22.5. The first-order valence-electron chi connectivity index (χ1n) is 11.2. The molecule has 1 aromatic carbocycles. The predicted molar refractivity (Wildman–Crippen MR) is 125 cm³/mol. The molecule has 8 nitrogen and oxygen atoms in total. The SMILES string of the molecule is CCOC(=O)c1ccc(CNC2CCN(c3cccc(NC(=O)c4ccncc4)c3)CC2)o1. The van der Waals surface area contributed by atoms with E-state index in [2.05, 4.69) is 26.6 Å². The van der Waals surface area contributed by atoms with Crippen LogP contribution in [0, 0.1) is 0 Å². The summed E-state index contributed by atoms with van der Waals surface area (Å²) in [6, 6.07) is 15.1. The van der Waals surface area contributed by atoms with Crippen LogP contribution in [0.1, 0.15) is 46.4 Å². The number of amides is 1. The molecule has 172 valence electrons. The van der Waals surface area contributed by atoms with Crippen molar-refractivity contribution < 1.29 is 18.7 Å². The zero-order valence-corrected chi connectivity index (χ0v) is 18.6. The molecule has 1 fully saturated rings. The molecule has 4 rings (SSSR count). The van der Waals surface area contributed by atoms with Crippen LogP contribution in [0.2, 0.25) is 0 Å². The summed E-state index contributed by atoms with van der Waals surface area (Å²) in [4.78, 5) is 30.4. The molecule has 0 saturated carbocycles. The zero-order valence-electron chi connectivity index (χ0n) is 18.6. The normalized spacial score (nSPS) is 14.2. The van der Waals surface area contributed by atoms with Crippen molar-refractivity contribution in [2.75, 3.05) is 29.9 Å². The van der Waals surface area contributed by atoms with Crippen molar-refractivity contribution in [3.8, 4) is 0 Å². The van der Waals surface area contributed by atoms with Crippen LogP contribution in [0.5, 0.6) is 0 Å². The van der Waals surface area contributed by atoms with Gasteiger partial charge in [0, 0.05) is 48.5 Å². The fourth-order valence-electron chi connectivity index (χ4n) is 3.86. The standard InChI is InChI=1S/C25H28N4O4/c1-2-32-25(31)23-7-6-22(33-23)17-27-19-10-14-29(15-11-19)21-5-3-4-20(16-21)28-24(30)18-8-12-26-13-9-18/h3-9,12-13,16,19,27H,2,10-11,14-15,17H2,1H3,(H,28,30). The van der Waals surface area contributed by atoms with E-state index in [1.54, 1.807) is 43.6 Å². The highest BCUT2D eigenvalue weighted by molar-refractivity contribution is 6.04. The highest BCUT2D eigenvalue weighted by atomic mass is 16.5. The number of hydrogen-bond acceptors (Lipinski definition) is 7. The quantitative estimate of drug-likeness (QED) is 0.505. The zero-order chi connectivity index (χ0) is 23.0. The minimum Gasteiger partial charge on any atom is -0.460 e. The molecule has 0 bridgehead atoms. The van der Waals surface area contributed by atoms with E-state index in [0.29, 0.717) is 24.8 Å². The number of aromatic nitrogens is 1. The number of hydrogen-bond donors (Lipinski definition) is 2.